The van der Waals surface area contributed by atoms with Crippen molar-refractivity contribution in [2.24, 2.45) is 0 Å². The predicted octanol–water partition coefficient (Wildman–Crippen LogP) is 2.47. The molecule has 2 aromatic rings. The Morgan fingerprint density at radius 2 is 2.26 bits per heavy atom. The molecule has 0 bridgehead atoms. The molecule has 0 aliphatic rings. The van der Waals surface area contributed by atoms with Gasteiger partial charge in [0.1, 0.15) is 11.6 Å². The number of nitrogens with one attached hydrogen (secondary N) is 1. The number of hydrogen-bond acceptors (Lipinski definition) is 4. The van der Waals surface area contributed by atoms with Gasteiger partial charge < -0.3 is 15.8 Å². The number of nitrogens with two attached hydrogens (primary N) is 1. The lowest BCUT2D eigenvalue weighted by molar-refractivity contribution is 0.416. The quantitative estimate of drug-likeness (QED) is 0.812. The van der Waals surface area contributed by atoms with E-state index >= 15 is 0 Å². The second-order valence-electron chi connectivity index (χ2n) is 4.11. The molecule has 19 heavy (non-hydrogen) atoms. The van der Waals surface area contributed by atoms with Gasteiger partial charge in [-0.25, -0.2) is 4.39 Å². The number of nitrogens with zero attached hydrogens (tertiary/aromatic N) is 1. The molecule has 5 heteroatoms. The van der Waals surface area contributed by atoms with Crippen molar-refractivity contribution in [2.75, 3.05) is 24.7 Å². The molecule has 100 valence electrons. The van der Waals surface area contributed by atoms with Crippen LogP contribution in [0.25, 0.3) is 0 Å². The number of hydrogen-bond donors (Lipinski definition) is 2. The number of nitrogen functional groups attached to an aromatic ring is 1. The molecule has 3 N–H and O–H groups in total. The largest absolute Gasteiger partial charge is 0.495 e. The summed E-state index contributed by atoms with van der Waals surface area (Å²) in [6.45, 7) is 0.607. The summed E-state index contributed by atoms with van der Waals surface area (Å²) >= 11 is 0. The highest BCUT2D eigenvalue weighted by Crippen LogP contribution is 2.28. The summed E-state index contributed by atoms with van der Waals surface area (Å²) in [4.78, 5) is 4.03. The molecule has 0 aliphatic heterocycles. The van der Waals surface area contributed by atoms with Crippen molar-refractivity contribution in [1.29, 1.82) is 0 Å². The summed E-state index contributed by atoms with van der Waals surface area (Å²) < 4.78 is 18.7. The van der Waals surface area contributed by atoms with Gasteiger partial charge in [-0.05, 0) is 18.1 Å². The molecule has 0 atom stereocenters. The Morgan fingerprint density at radius 1 is 1.42 bits per heavy atom. The maximum atomic E-state index is 13.7. The van der Waals surface area contributed by atoms with Crippen molar-refractivity contribution < 1.29 is 9.13 Å². The van der Waals surface area contributed by atoms with Crippen LogP contribution in [0.15, 0.2) is 36.7 Å². The van der Waals surface area contributed by atoms with Crippen LogP contribution in [0.5, 0.6) is 5.75 Å². The van der Waals surface area contributed by atoms with Gasteiger partial charge in [0.2, 0.25) is 0 Å². The van der Waals surface area contributed by atoms with Gasteiger partial charge >= 0.3 is 0 Å². The average Bonchev–Trinajstić information content (AvgIpc) is 2.42. The Kier molecular flexibility index (Phi) is 4.18. The number of aromatic nitrogens is 1. The van der Waals surface area contributed by atoms with Crippen molar-refractivity contribution >= 4 is 11.4 Å². The van der Waals surface area contributed by atoms with Crippen LogP contribution in [0.1, 0.15) is 5.56 Å². The first-order chi connectivity index (χ1) is 9.20. The summed E-state index contributed by atoms with van der Waals surface area (Å²) in [5.41, 5.74) is 7.39. The number of anilines is 2. The van der Waals surface area contributed by atoms with Crippen molar-refractivity contribution in [3.8, 4) is 5.75 Å². The molecule has 0 radical (unpaired) electrons. The van der Waals surface area contributed by atoms with Crippen LogP contribution < -0.4 is 15.8 Å². The monoisotopic (exact) mass is 261 g/mol. The van der Waals surface area contributed by atoms with Gasteiger partial charge in [-0.2, -0.15) is 0 Å². The zero-order valence-corrected chi connectivity index (χ0v) is 10.7. The standard InChI is InChI=1S/C14H16FN3O/c1-19-14-8-13(11(15)7-12(14)16)18-6-4-10-3-2-5-17-9-10/h2-3,5,7-9,18H,4,6,16H2,1H3. The van der Waals surface area contributed by atoms with Crippen molar-refractivity contribution in [3.63, 3.8) is 0 Å². The highest BCUT2D eigenvalue weighted by molar-refractivity contribution is 5.62. The first-order valence-electron chi connectivity index (χ1n) is 5.96. The third kappa shape index (κ3) is 3.34. The Balaban J connectivity index is 2.00. The third-order valence-corrected chi connectivity index (χ3v) is 2.77. The maximum absolute atomic E-state index is 13.7. The third-order valence-electron chi connectivity index (χ3n) is 2.77. The molecule has 0 spiro atoms. The van der Waals surface area contributed by atoms with E-state index in [1.165, 1.54) is 13.2 Å². The van der Waals surface area contributed by atoms with Crippen LogP contribution in [0, 0.1) is 5.82 Å². The van der Waals surface area contributed by atoms with Gasteiger partial charge in [0.25, 0.3) is 0 Å². The number of methoxy groups -OCH3 is 1. The fourth-order valence-corrected chi connectivity index (χ4v) is 1.77. The molecule has 2 rings (SSSR count). The molecule has 0 saturated carbocycles. The topological polar surface area (TPSA) is 60.2 Å². The minimum atomic E-state index is -0.385. The smallest absolute Gasteiger partial charge is 0.148 e. The van der Waals surface area contributed by atoms with Gasteiger partial charge in [0.15, 0.2) is 0 Å². The summed E-state index contributed by atoms with van der Waals surface area (Å²) in [5, 5.41) is 3.03. The van der Waals surface area contributed by atoms with Crippen LogP contribution in [0.4, 0.5) is 15.8 Å². The van der Waals surface area contributed by atoms with Gasteiger partial charge in [-0.3, -0.25) is 4.98 Å². The summed E-state index contributed by atoms with van der Waals surface area (Å²) in [5.74, 6) is 0.0785. The average molecular weight is 261 g/mol. The lowest BCUT2D eigenvalue weighted by atomic mass is 10.2. The molecule has 4 nitrogen and oxygen atoms in total. The van der Waals surface area contributed by atoms with E-state index in [1.54, 1.807) is 18.5 Å². The second-order valence-corrected chi connectivity index (χ2v) is 4.11. The first kappa shape index (κ1) is 13.1. The van der Waals surface area contributed by atoms with Gasteiger partial charge in [-0.1, -0.05) is 6.07 Å². The Labute approximate surface area is 111 Å². The van der Waals surface area contributed by atoms with E-state index in [4.69, 9.17) is 10.5 Å². The zero-order chi connectivity index (χ0) is 13.7. The van der Waals surface area contributed by atoms with Crippen LogP contribution >= 0.6 is 0 Å². The minimum Gasteiger partial charge on any atom is -0.495 e. The molecule has 0 unspecified atom stereocenters. The number of pyridine rings is 1. The molecule has 0 aliphatic carbocycles. The summed E-state index contributed by atoms with van der Waals surface area (Å²) in [6.07, 6.45) is 4.28. The number of halogens is 1. The van der Waals surface area contributed by atoms with E-state index in [1.807, 2.05) is 12.1 Å². The van der Waals surface area contributed by atoms with Crippen LogP contribution in [0.3, 0.4) is 0 Å². The molecule has 1 aromatic carbocycles. The SMILES string of the molecule is COc1cc(NCCc2cccnc2)c(F)cc1N. The molecule has 0 saturated heterocycles. The van der Waals surface area contributed by atoms with Gasteiger partial charge in [-0.15, -0.1) is 0 Å². The van der Waals surface area contributed by atoms with Crippen LogP contribution in [-0.4, -0.2) is 18.6 Å². The molecular formula is C14H16FN3O. The van der Waals surface area contributed by atoms with E-state index in [9.17, 15) is 4.39 Å². The van der Waals surface area contributed by atoms with E-state index in [-0.39, 0.29) is 11.5 Å². The molecular weight excluding hydrogens is 245 g/mol. The maximum Gasteiger partial charge on any atom is 0.148 e. The highest BCUT2D eigenvalue weighted by atomic mass is 19.1. The Morgan fingerprint density at radius 3 is 2.95 bits per heavy atom. The van der Waals surface area contributed by atoms with E-state index in [0.717, 1.165) is 12.0 Å². The Bertz CT molecular complexity index is 546. The van der Waals surface area contributed by atoms with E-state index in [0.29, 0.717) is 18.0 Å². The number of benzene rings is 1. The normalized spacial score (nSPS) is 10.2. The van der Waals surface area contributed by atoms with Gasteiger partial charge in [0, 0.05) is 31.1 Å². The van der Waals surface area contributed by atoms with Crippen LogP contribution in [-0.2, 0) is 6.42 Å². The lowest BCUT2D eigenvalue weighted by Crippen LogP contribution is -2.07. The van der Waals surface area contributed by atoms with Crippen LogP contribution in [0.2, 0.25) is 0 Å². The molecule has 1 aromatic heterocycles. The van der Waals surface area contributed by atoms with E-state index < -0.39 is 0 Å². The molecule has 0 amide bonds. The minimum absolute atomic E-state index is 0.290. The first-order valence-corrected chi connectivity index (χ1v) is 5.96. The van der Waals surface area contributed by atoms with Crippen molar-refractivity contribution in [1.82, 2.24) is 4.98 Å². The number of rotatable bonds is 5. The predicted molar refractivity (Wildman–Crippen MR) is 73.8 cm³/mol. The Hall–Kier alpha value is -2.30. The highest BCUT2D eigenvalue weighted by Gasteiger charge is 2.07. The summed E-state index contributed by atoms with van der Waals surface area (Å²) in [7, 11) is 1.50. The molecule has 1 heterocycles. The molecule has 0 fully saturated rings. The summed E-state index contributed by atoms with van der Waals surface area (Å²) in [6, 6.07) is 6.68. The van der Waals surface area contributed by atoms with Crippen molar-refractivity contribution in [2.45, 2.75) is 6.42 Å². The lowest BCUT2D eigenvalue weighted by Gasteiger charge is -2.11. The fourth-order valence-electron chi connectivity index (χ4n) is 1.77. The van der Waals surface area contributed by atoms with E-state index in [2.05, 4.69) is 10.3 Å². The second kappa shape index (κ2) is 6.04. The fraction of sp³-hybridized carbons (Fsp3) is 0.214. The number of ether oxygens (including phenoxy) is 1. The van der Waals surface area contributed by atoms with Gasteiger partial charge in [0.05, 0.1) is 18.5 Å². The zero-order valence-electron chi connectivity index (χ0n) is 10.7. The van der Waals surface area contributed by atoms with Crippen molar-refractivity contribution in [3.05, 3.63) is 48.0 Å².